The Bertz CT molecular complexity index is 1680. The van der Waals surface area contributed by atoms with Crippen LogP contribution in [0.5, 0.6) is 0 Å². The highest BCUT2D eigenvalue weighted by Crippen LogP contribution is 2.43. The molecule has 5 atom stereocenters. The number of ether oxygens (including phenoxy) is 3. The number of nitrogens with one attached hydrogen (secondary N) is 2. The second-order valence-corrected chi connectivity index (χ2v) is 12.9. The first-order valence-corrected chi connectivity index (χ1v) is 16.9. The van der Waals surface area contributed by atoms with Gasteiger partial charge in [0, 0.05) is 35.1 Å². The van der Waals surface area contributed by atoms with Gasteiger partial charge in [-0.2, -0.15) is 0 Å². The summed E-state index contributed by atoms with van der Waals surface area (Å²) in [5.74, 6) is -0.889. The van der Waals surface area contributed by atoms with Crippen LogP contribution in [0.2, 0.25) is 0 Å². The highest BCUT2D eigenvalue weighted by molar-refractivity contribution is 7.99. The van der Waals surface area contributed by atoms with Crippen molar-refractivity contribution in [3.8, 4) is 0 Å². The molecular weight excluding hydrogens is 644 g/mol. The number of rotatable bonds is 13. The first kappa shape index (κ1) is 35.6. The lowest BCUT2D eigenvalue weighted by Crippen LogP contribution is -2.47. The van der Waals surface area contributed by atoms with Crippen LogP contribution in [0.25, 0.3) is 0 Å². The van der Waals surface area contributed by atoms with Crippen molar-refractivity contribution in [1.29, 1.82) is 0 Å². The number of thioether (sulfide) groups is 1. The summed E-state index contributed by atoms with van der Waals surface area (Å²) in [5, 5.41) is 24.3. The van der Waals surface area contributed by atoms with Crippen LogP contribution in [0.3, 0.4) is 0 Å². The molecule has 0 bridgehead atoms. The molecule has 1 aliphatic rings. The van der Waals surface area contributed by atoms with Gasteiger partial charge in [0.2, 0.25) is 0 Å². The maximum atomic E-state index is 12.7. The van der Waals surface area contributed by atoms with E-state index in [0.717, 1.165) is 32.7 Å². The van der Waals surface area contributed by atoms with Crippen LogP contribution in [0.4, 0.5) is 4.79 Å². The summed E-state index contributed by atoms with van der Waals surface area (Å²) in [7, 11) is 1.29. The predicted octanol–water partition coefficient (Wildman–Crippen LogP) is 6.04. The predicted molar refractivity (Wildman–Crippen MR) is 185 cm³/mol. The normalized spacial score (nSPS) is 19.4. The fraction of sp³-hybridized carbons (Fsp3) is 0.289. The summed E-state index contributed by atoms with van der Waals surface area (Å²) in [6.07, 6.45) is -0.842. The summed E-state index contributed by atoms with van der Waals surface area (Å²) in [6.45, 7) is 2.27. The molecule has 11 heteroatoms. The van der Waals surface area contributed by atoms with Crippen molar-refractivity contribution in [2.24, 2.45) is 5.92 Å². The third-order valence-corrected chi connectivity index (χ3v) is 9.52. The highest BCUT2D eigenvalue weighted by Gasteiger charge is 2.38. The van der Waals surface area contributed by atoms with E-state index in [4.69, 9.17) is 14.2 Å². The number of methoxy groups -OCH3 is 1. The molecule has 1 saturated heterocycles. The van der Waals surface area contributed by atoms with Gasteiger partial charge >= 0.3 is 18.0 Å². The van der Waals surface area contributed by atoms with Crippen LogP contribution in [0.1, 0.15) is 57.5 Å². The van der Waals surface area contributed by atoms with Crippen LogP contribution >= 0.6 is 11.8 Å². The Kier molecular flexibility index (Phi) is 12.4. The Labute approximate surface area is 289 Å². The van der Waals surface area contributed by atoms with Gasteiger partial charge in [-0.1, -0.05) is 85.8 Å². The van der Waals surface area contributed by atoms with Gasteiger partial charge < -0.3 is 35.1 Å². The fourth-order valence-corrected chi connectivity index (χ4v) is 6.62. The monoisotopic (exact) mass is 684 g/mol. The maximum Gasteiger partial charge on any atom is 0.335 e. The smallest absolute Gasteiger partial charge is 0.335 e. The van der Waals surface area contributed by atoms with Gasteiger partial charge in [-0.25, -0.2) is 14.4 Å². The summed E-state index contributed by atoms with van der Waals surface area (Å²) in [6, 6.07) is 30.2. The van der Waals surface area contributed by atoms with Gasteiger partial charge in [0.25, 0.3) is 0 Å². The van der Waals surface area contributed by atoms with Gasteiger partial charge in [0.05, 0.1) is 31.5 Å². The number of carboxylic acids is 1. The number of benzene rings is 4. The summed E-state index contributed by atoms with van der Waals surface area (Å²) in [4.78, 5) is 37.3. The van der Waals surface area contributed by atoms with Gasteiger partial charge in [-0.05, 0) is 46.5 Å². The van der Waals surface area contributed by atoms with E-state index in [1.807, 2.05) is 78.9 Å². The zero-order valence-corrected chi connectivity index (χ0v) is 28.1. The zero-order valence-electron chi connectivity index (χ0n) is 27.3. The van der Waals surface area contributed by atoms with Gasteiger partial charge in [0.15, 0.2) is 6.29 Å². The summed E-state index contributed by atoms with van der Waals surface area (Å²) >= 11 is 1.59. The van der Waals surface area contributed by atoms with E-state index in [2.05, 4.69) is 17.6 Å². The molecule has 49 heavy (non-hydrogen) atoms. The molecule has 0 saturated carbocycles. The van der Waals surface area contributed by atoms with Gasteiger partial charge in [0.1, 0.15) is 6.04 Å². The Hall–Kier alpha value is -4.68. The lowest BCUT2D eigenvalue weighted by molar-refractivity contribution is -0.268. The minimum atomic E-state index is -0.966. The molecule has 0 aliphatic carbocycles. The maximum absolute atomic E-state index is 12.7. The lowest BCUT2D eigenvalue weighted by atomic mass is 9.91. The average molecular weight is 685 g/mol. The molecule has 0 unspecified atom stereocenters. The van der Waals surface area contributed by atoms with E-state index in [0.29, 0.717) is 12.2 Å². The molecule has 10 nitrogen and oxygen atoms in total. The summed E-state index contributed by atoms with van der Waals surface area (Å²) < 4.78 is 18.0. The average Bonchev–Trinajstić information content (AvgIpc) is 3.14. The molecule has 1 fully saturated rings. The number of carboxylic acid groups (broad SMARTS) is 1. The number of carbonyl (C=O) groups excluding carboxylic acids is 2. The number of hydrogen-bond donors (Lipinski definition) is 4. The molecular formula is C38H40N2O8S. The van der Waals surface area contributed by atoms with Crippen molar-refractivity contribution in [3.63, 3.8) is 0 Å². The number of carbonyl (C=O) groups is 3. The molecule has 256 valence electrons. The number of hydrogen-bond acceptors (Lipinski definition) is 8. The number of aliphatic hydroxyl groups is 1. The molecule has 5 rings (SSSR count). The van der Waals surface area contributed by atoms with Gasteiger partial charge in [-0.3, -0.25) is 0 Å². The Morgan fingerprint density at radius 3 is 2.12 bits per heavy atom. The standard InChI is InChI=1S/C38H40N2O8S/c1-24-33(23-49-31-18-16-29(17-19-31)35(42)43)47-37(48-34(24)28-12-10-27(22-41)11-13-28)30-14-8-26(9-15-30)21-39-38(45)40-32(36(44)46-2)20-25-6-4-3-5-7-25/h3-19,24,32-34,37,41H,20-23H2,1-2H3,(H,42,43)(H2,39,40,45)/t24-,32+,33+,34+,37+/m1/s1. The zero-order chi connectivity index (χ0) is 34.8. The quantitative estimate of drug-likeness (QED) is 0.0979. The van der Waals surface area contributed by atoms with E-state index in [1.165, 1.54) is 7.11 Å². The third kappa shape index (κ3) is 9.70. The Morgan fingerprint density at radius 1 is 0.837 bits per heavy atom. The van der Waals surface area contributed by atoms with Crippen LogP contribution in [0.15, 0.2) is 108 Å². The van der Waals surface area contributed by atoms with Gasteiger partial charge in [-0.15, -0.1) is 11.8 Å². The van der Waals surface area contributed by atoms with Crippen LogP contribution in [-0.2, 0) is 38.6 Å². The first-order valence-electron chi connectivity index (χ1n) is 16.0. The first-order chi connectivity index (χ1) is 23.7. The number of esters is 1. The molecule has 0 radical (unpaired) electrons. The van der Waals surface area contributed by atoms with E-state index < -0.39 is 30.3 Å². The Morgan fingerprint density at radius 2 is 1.49 bits per heavy atom. The number of aliphatic hydroxyl groups excluding tert-OH is 1. The highest BCUT2D eigenvalue weighted by atomic mass is 32.2. The molecule has 1 aliphatic heterocycles. The van der Waals surface area contributed by atoms with Crippen LogP contribution < -0.4 is 10.6 Å². The lowest BCUT2D eigenvalue weighted by Gasteiger charge is -2.41. The second-order valence-electron chi connectivity index (χ2n) is 11.8. The summed E-state index contributed by atoms with van der Waals surface area (Å²) in [5.41, 5.74) is 4.57. The number of amides is 2. The number of aromatic carboxylic acids is 1. The third-order valence-electron chi connectivity index (χ3n) is 8.42. The molecule has 1 heterocycles. The van der Waals surface area contributed by atoms with E-state index >= 15 is 0 Å². The molecule has 0 aromatic heterocycles. The second kappa shape index (κ2) is 17.1. The van der Waals surface area contributed by atoms with E-state index in [1.54, 1.807) is 36.0 Å². The topological polar surface area (TPSA) is 143 Å². The minimum Gasteiger partial charge on any atom is -0.478 e. The fourth-order valence-electron chi connectivity index (χ4n) is 5.55. The SMILES string of the molecule is COC(=O)[C@H](Cc1ccccc1)NC(=O)NCc1ccc([C@H]2O[C@@H](CSc3ccc(C(=O)O)cc3)[C@@H](C)[C@@H](c3ccc(CO)cc3)O2)cc1. The molecule has 4 N–H and O–H groups in total. The van der Waals surface area contributed by atoms with Crippen molar-refractivity contribution in [3.05, 3.63) is 137 Å². The van der Waals surface area contributed by atoms with Crippen molar-refractivity contribution in [1.82, 2.24) is 10.6 Å². The van der Waals surface area contributed by atoms with E-state index in [9.17, 15) is 24.6 Å². The van der Waals surface area contributed by atoms with Crippen molar-refractivity contribution in [2.45, 2.75) is 55.9 Å². The van der Waals surface area contributed by atoms with Crippen LogP contribution in [0, 0.1) is 5.92 Å². The van der Waals surface area contributed by atoms with Crippen molar-refractivity contribution in [2.75, 3.05) is 12.9 Å². The largest absolute Gasteiger partial charge is 0.478 e. The molecule has 4 aromatic rings. The molecule has 2 amide bonds. The number of urea groups is 1. The van der Waals surface area contributed by atoms with Crippen LogP contribution in [-0.4, -0.2) is 53.2 Å². The van der Waals surface area contributed by atoms with Crippen molar-refractivity contribution < 1.29 is 38.8 Å². The molecule has 0 spiro atoms. The van der Waals surface area contributed by atoms with Crippen molar-refractivity contribution >= 4 is 29.7 Å². The minimum absolute atomic E-state index is 0.0142. The molecule has 4 aromatic carbocycles. The van der Waals surface area contributed by atoms with E-state index in [-0.39, 0.29) is 36.8 Å². The Balaban J connectivity index is 1.24.